The molecule has 3 aromatic rings. The number of benzene rings is 3. The number of hydrogen-bond donors (Lipinski definition) is 1. The lowest BCUT2D eigenvalue weighted by Crippen LogP contribution is -2.51. The zero-order valence-corrected chi connectivity index (χ0v) is 24.7. The molecule has 3 rings (SSSR count). The van der Waals surface area contributed by atoms with Gasteiger partial charge >= 0.3 is 0 Å². The Morgan fingerprint density at radius 2 is 1.49 bits per heavy atom. The van der Waals surface area contributed by atoms with Gasteiger partial charge in [0.05, 0.1) is 10.6 Å². The Bertz CT molecular complexity index is 1380. The number of amides is 2. The molecule has 0 spiro atoms. The number of carbonyl (C=O) groups is 2. The number of aryl methyl sites for hydroxylation is 1. The number of hydrogen-bond acceptors (Lipinski definition) is 4. The fourth-order valence-electron chi connectivity index (χ4n) is 3.86. The molecular weight excluding hydrogens is 557 g/mol. The molecule has 0 aromatic heterocycles. The zero-order chi connectivity index (χ0) is 28.7. The average Bonchev–Trinajstić information content (AvgIpc) is 2.88. The van der Waals surface area contributed by atoms with E-state index in [0.29, 0.717) is 6.54 Å². The summed E-state index contributed by atoms with van der Waals surface area (Å²) in [6.45, 7) is 7.42. The molecule has 3 aromatic carbocycles. The summed E-state index contributed by atoms with van der Waals surface area (Å²) in [5.74, 6) is -0.660. The van der Waals surface area contributed by atoms with E-state index < -0.39 is 28.5 Å². The van der Waals surface area contributed by atoms with Gasteiger partial charge in [0.2, 0.25) is 11.8 Å². The van der Waals surface area contributed by atoms with Crippen molar-refractivity contribution >= 4 is 50.7 Å². The van der Waals surface area contributed by atoms with Crippen molar-refractivity contribution in [2.75, 3.05) is 17.4 Å². The number of carbonyl (C=O) groups excluding carboxylic acids is 2. The van der Waals surface area contributed by atoms with Gasteiger partial charge in [0, 0.05) is 23.1 Å². The van der Waals surface area contributed by atoms with Crippen molar-refractivity contribution in [1.29, 1.82) is 0 Å². The summed E-state index contributed by atoms with van der Waals surface area (Å²) in [6.07, 6.45) is 0. The van der Waals surface area contributed by atoms with Crippen LogP contribution >= 0.6 is 23.2 Å². The summed E-state index contributed by atoms with van der Waals surface area (Å²) in [5.41, 5.74) is 1.82. The Kier molecular flexibility index (Phi) is 10.4. The van der Waals surface area contributed by atoms with Crippen LogP contribution < -0.4 is 9.62 Å². The summed E-state index contributed by atoms with van der Waals surface area (Å²) in [5, 5.41) is 3.30. The first-order valence-electron chi connectivity index (χ1n) is 12.5. The third-order valence-electron chi connectivity index (χ3n) is 6.07. The summed E-state index contributed by atoms with van der Waals surface area (Å²) in [7, 11) is -4.21. The third kappa shape index (κ3) is 8.21. The molecule has 0 heterocycles. The highest BCUT2D eigenvalue weighted by Crippen LogP contribution is 2.30. The summed E-state index contributed by atoms with van der Waals surface area (Å²) in [6, 6.07) is 19.0. The lowest BCUT2D eigenvalue weighted by atomic mass is 10.1. The van der Waals surface area contributed by atoms with Crippen LogP contribution in [0.4, 0.5) is 5.69 Å². The number of halogens is 2. The van der Waals surface area contributed by atoms with Gasteiger partial charge in [0.25, 0.3) is 10.0 Å². The maximum atomic E-state index is 13.9. The predicted octanol–water partition coefficient (Wildman–Crippen LogP) is 5.69. The second kappa shape index (κ2) is 13.3. The van der Waals surface area contributed by atoms with Crippen molar-refractivity contribution in [2.24, 2.45) is 5.92 Å². The third-order valence-corrected chi connectivity index (χ3v) is 8.30. The maximum absolute atomic E-state index is 13.9. The van der Waals surface area contributed by atoms with E-state index in [4.69, 9.17) is 23.2 Å². The molecule has 7 nitrogen and oxygen atoms in total. The number of rotatable bonds is 11. The molecule has 0 radical (unpaired) electrons. The first kappa shape index (κ1) is 30.5. The van der Waals surface area contributed by atoms with Gasteiger partial charge in [0.15, 0.2) is 0 Å². The number of anilines is 1. The van der Waals surface area contributed by atoms with E-state index >= 15 is 0 Å². The molecule has 0 bridgehead atoms. The van der Waals surface area contributed by atoms with Gasteiger partial charge in [-0.25, -0.2) is 8.42 Å². The van der Waals surface area contributed by atoms with E-state index in [2.05, 4.69) is 5.32 Å². The number of nitrogens with one attached hydrogen (secondary N) is 1. The Morgan fingerprint density at radius 1 is 0.897 bits per heavy atom. The van der Waals surface area contributed by atoms with Gasteiger partial charge in [-0.1, -0.05) is 85.1 Å². The Hall–Kier alpha value is -3.07. The second-order valence-electron chi connectivity index (χ2n) is 9.77. The van der Waals surface area contributed by atoms with Crippen LogP contribution in [0.5, 0.6) is 0 Å². The topological polar surface area (TPSA) is 86.8 Å². The van der Waals surface area contributed by atoms with Gasteiger partial charge < -0.3 is 10.2 Å². The van der Waals surface area contributed by atoms with Crippen molar-refractivity contribution < 1.29 is 18.0 Å². The zero-order valence-electron chi connectivity index (χ0n) is 22.4. The van der Waals surface area contributed by atoms with Gasteiger partial charge in [-0.2, -0.15) is 0 Å². The van der Waals surface area contributed by atoms with Gasteiger partial charge in [-0.3, -0.25) is 13.9 Å². The van der Waals surface area contributed by atoms with Crippen molar-refractivity contribution in [2.45, 2.75) is 45.2 Å². The minimum Gasteiger partial charge on any atom is -0.354 e. The fraction of sp³-hybridized carbons (Fsp3) is 0.310. The Morgan fingerprint density at radius 3 is 2.05 bits per heavy atom. The molecule has 0 saturated carbocycles. The monoisotopic (exact) mass is 589 g/mol. The fourth-order valence-corrected chi connectivity index (χ4v) is 5.78. The highest BCUT2D eigenvalue weighted by atomic mass is 35.5. The minimum absolute atomic E-state index is 0.00864. The molecule has 2 amide bonds. The van der Waals surface area contributed by atoms with E-state index in [9.17, 15) is 18.0 Å². The van der Waals surface area contributed by atoms with Crippen LogP contribution in [0.15, 0.2) is 77.7 Å². The molecule has 0 aliphatic carbocycles. The Balaban J connectivity index is 2.03. The van der Waals surface area contributed by atoms with E-state index in [1.807, 2.05) is 51.1 Å². The van der Waals surface area contributed by atoms with Gasteiger partial charge in [-0.05, 0) is 55.7 Å². The van der Waals surface area contributed by atoms with Crippen LogP contribution in [0.3, 0.4) is 0 Å². The highest BCUT2D eigenvalue weighted by molar-refractivity contribution is 7.92. The summed E-state index contributed by atoms with van der Waals surface area (Å²) in [4.78, 5) is 28.3. The standard InChI is InChI=1S/C29H33Cl2N3O4S/c1-20(2)17-32-29(36)22(4)33(18-23-8-6-5-7-9-23)28(35)19-34(26-15-24(30)14-25(31)16-26)39(37,38)27-12-10-21(3)11-13-27/h5-16,20,22H,17-19H2,1-4H3,(H,32,36)/t22-/m1/s1. The first-order chi connectivity index (χ1) is 18.4. The second-order valence-corrected chi connectivity index (χ2v) is 12.5. The van der Waals surface area contributed by atoms with E-state index in [0.717, 1.165) is 15.4 Å². The quantitative estimate of drug-likeness (QED) is 0.311. The molecule has 1 N–H and O–H groups in total. The molecule has 0 unspecified atom stereocenters. The molecular formula is C29H33Cl2N3O4S. The van der Waals surface area contributed by atoms with Crippen LogP contribution in [-0.2, 0) is 26.2 Å². The summed E-state index contributed by atoms with van der Waals surface area (Å²) >= 11 is 12.4. The molecule has 208 valence electrons. The van der Waals surface area contributed by atoms with Crippen LogP contribution in [0, 0.1) is 12.8 Å². The van der Waals surface area contributed by atoms with Crippen LogP contribution in [0.1, 0.15) is 31.9 Å². The largest absolute Gasteiger partial charge is 0.354 e. The lowest BCUT2D eigenvalue weighted by molar-refractivity contribution is -0.139. The van der Waals surface area contributed by atoms with Crippen LogP contribution in [0.25, 0.3) is 0 Å². The molecule has 1 atom stereocenters. The van der Waals surface area contributed by atoms with Crippen molar-refractivity contribution in [1.82, 2.24) is 10.2 Å². The van der Waals surface area contributed by atoms with Gasteiger partial charge in [0.1, 0.15) is 12.6 Å². The Labute approximate surface area is 240 Å². The molecule has 0 aliphatic rings. The normalized spacial score (nSPS) is 12.2. The van der Waals surface area contributed by atoms with Crippen molar-refractivity contribution in [3.63, 3.8) is 0 Å². The average molecular weight is 591 g/mol. The molecule has 10 heteroatoms. The van der Waals surface area contributed by atoms with Crippen LogP contribution in [-0.4, -0.2) is 44.3 Å². The first-order valence-corrected chi connectivity index (χ1v) is 14.7. The van der Waals surface area contributed by atoms with Gasteiger partial charge in [-0.15, -0.1) is 0 Å². The molecule has 0 fully saturated rings. The predicted molar refractivity (Wildman–Crippen MR) is 156 cm³/mol. The highest BCUT2D eigenvalue weighted by Gasteiger charge is 2.32. The molecule has 0 saturated heterocycles. The van der Waals surface area contributed by atoms with Crippen molar-refractivity contribution in [3.8, 4) is 0 Å². The maximum Gasteiger partial charge on any atom is 0.264 e. The van der Waals surface area contributed by atoms with Crippen LogP contribution in [0.2, 0.25) is 10.0 Å². The van der Waals surface area contributed by atoms with Crippen molar-refractivity contribution in [3.05, 3.63) is 94.0 Å². The van der Waals surface area contributed by atoms with E-state index in [1.54, 1.807) is 19.1 Å². The molecule has 39 heavy (non-hydrogen) atoms. The smallest absolute Gasteiger partial charge is 0.264 e. The lowest BCUT2D eigenvalue weighted by Gasteiger charge is -2.32. The number of nitrogens with zero attached hydrogens (tertiary/aromatic N) is 2. The number of sulfonamides is 1. The van der Waals surface area contributed by atoms with E-state index in [1.165, 1.54) is 35.2 Å². The summed E-state index contributed by atoms with van der Waals surface area (Å²) < 4.78 is 28.7. The molecule has 0 aliphatic heterocycles. The SMILES string of the molecule is Cc1ccc(S(=O)(=O)N(CC(=O)N(Cc2ccccc2)[C@H](C)C(=O)NCC(C)C)c2cc(Cl)cc(Cl)c2)cc1. The van der Waals surface area contributed by atoms with E-state index in [-0.39, 0.29) is 39.0 Å². The minimum atomic E-state index is -4.21.